The number of hydrogen-bond donors (Lipinski definition) is 0. The summed E-state index contributed by atoms with van der Waals surface area (Å²) in [5.74, 6) is -0.503. The number of rotatable bonds is 3. The molecule has 1 amide bonds. The van der Waals surface area contributed by atoms with Crippen LogP contribution < -0.4 is 0 Å². The second-order valence-corrected chi connectivity index (χ2v) is 7.29. The summed E-state index contributed by atoms with van der Waals surface area (Å²) in [6, 6.07) is 3.85. The lowest BCUT2D eigenvalue weighted by Gasteiger charge is -2.33. The van der Waals surface area contributed by atoms with E-state index >= 15 is 0 Å². The maximum atomic E-state index is 12.4. The average molecular weight is 348 g/mol. The molecule has 120 valence electrons. The van der Waals surface area contributed by atoms with E-state index in [1.165, 1.54) is 21.3 Å². The van der Waals surface area contributed by atoms with Crippen LogP contribution in [0.5, 0.6) is 0 Å². The molecule has 1 aliphatic rings. The van der Waals surface area contributed by atoms with Crippen molar-refractivity contribution in [3.05, 3.63) is 38.9 Å². The van der Waals surface area contributed by atoms with Gasteiger partial charge in [0.25, 0.3) is 11.6 Å². The third-order valence-electron chi connectivity index (χ3n) is 3.38. The number of amides is 1. The van der Waals surface area contributed by atoms with Crippen molar-refractivity contribution in [1.82, 2.24) is 9.21 Å². The number of piperazine rings is 1. The van der Waals surface area contributed by atoms with Gasteiger partial charge in [-0.2, -0.15) is 4.31 Å². The number of nitro groups is 1. The van der Waals surface area contributed by atoms with Gasteiger partial charge in [0.05, 0.1) is 11.2 Å². The van der Waals surface area contributed by atoms with Gasteiger partial charge in [0, 0.05) is 37.3 Å². The van der Waals surface area contributed by atoms with E-state index in [9.17, 15) is 23.3 Å². The molecule has 0 spiro atoms. The Morgan fingerprint density at radius 3 is 2.36 bits per heavy atom. The lowest BCUT2D eigenvalue weighted by Crippen LogP contribution is -2.50. The van der Waals surface area contributed by atoms with Gasteiger partial charge in [0.15, 0.2) is 0 Å². The first-order chi connectivity index (χ1) is 10.2. The van der Waals surface area contributed by atoms with Crippen molar-refractivity contribution >= 4 is 33.2 Å². The Balaban J connectivity index is 2.19. The fourth-order valence-corrected chi connectivity index (χ4v) is 3.22. The van der Waals surface area contributed by atoms with Gasteiger partial charge >= 0.3 is 0 Å². The van der Waals surface area contributed by atoms with Crippen molar-refractivity contribution in [2.45, 2.75) is 0 Å². The Morgan fingerprint density at radius 1 is 1.27 bits per heavy atom. The fraction of sp³-hybridized carbons (Fsp3) is 0.417. The third-order valence-corrected chi connectivity index (χ3v) is 4.92. The molecule has 2 rings (SSSR count). The zero-order valence-corrected chi connectivity index (χ0v) is 13.3. The van der Waals surface area contributed by atoms with Crippen LogP contribution in [0, 0.1) is 10.1 Å². The number of nitro benzene ring substituents is 1. The monoisotopic (exact) mass is 347 g/mol. The van der Waals surface area contributed by atoms with Gasteiger partial charge in [-0.1, -0.05) is 11.6 Å². The van der Waals surface area contributed by atoms with E-state index in [1.54, 1.807) is 0 Å². The van der Waals surface area contributed by atoms with Crippen LogP contribution in [0.1, 0.15) is 10.4 Å². The minimum absolute atomic E-state index is 0.0535. The number of nitrogens with zero attached hydrogens (tertiary/aromatic N) is 3. The molecule has 1 aromatic rings. The van der Waals surface area contributed by atoms with Crippen LogP contribution in [-0.4, -0.2) is 60.9 Å². The largest absolute Gasteiger partial charge is 0.336 e. The van der Waals surface area contributed by atoms with Gasteiger partial charge in [-0.15, -0.1) is 0 Å². The van der Waals surface area contributed by atoms with Crippen molar-refractivity contribution in [3.8, 4) is 0 Å². The normalized spacial score (nSPS) is 16.5. The molecule has 0 N–H and O–H groups in total. The first-order valence-corrected chi connectivity index (χ1v) is 8.61. The molecule has 1 saturated heterocycles. The summed E-state index contributed by atoms with van der Waals surface area (Å²) in [4.78, 5) is 24.2. The fourth-order valence-electron chi connectivity index (χ4n) is 2.23. The number of halogens is 1. The van der Waals surface area contributed by atoms with Crippen LogP contribution in [0.15, 0.2) is 18.2 Å². The SMILES string of the molecule is CS(=O)(=O)N1CCN(C(=O)c2ccc(Cl)cc2[N+](=O)[O-])CC1. The second-order valence-electron chi connectivity index (χ2n) is 4.87. The van der Waals surface area contributed by atoms with E-state index in [2.05, 4.69) is 0 Å². The minimum atomic E-state index is -3.30. The van der Waals surface area contributed by atoms with Gasteiger partial charge < -0.3 is 4.90 Å². The Hall–Kier alpha value is -1.71. The zero-order chi connectivity index (χ0) is 16.5. The predicted octanol–water partition coefficient (Wildman–Crippen LogP) is 0.966. The molecule has 0 aromatic heterocycles. The van der Waals surface area contributed by atoms with Crippen LogP contribution in [0.3, 0.4) is 0 Å². The molecule has 0 saturated carbocycles. The van der Waals surface area contributed by atoms with E-state index in [-0.39, 0.29) is 42.5 Å². The van der Waals surface area contributed by atoms with E-state index in [4.69, 9.17) is 11.6 Å². The Kier molecular flexibility index (Phi) is 4.69. The molecular formula is C12H14ClN3O5S. The summed E-state index contributed by atoms with van der Waals surface area (Å²) in [6.07, 6.45) is 1.11. The van der Waals surface area contributed by atoms with Crippen LogP contribution in [-0.2, 0) is 10.0 Å². The van der Waals surface area contributed by atoms with Crippen LogP contribution >= 0.6 is 11.6 Å². The lowest BCUT2D eigenvalue weighted by atomic mass is 10.1. The molecule has 0 atom stereocenters. The number of hydrogen-bond acceptors (Lipinski definition) is 5. The summed E-state index contributed by atoms with van der Waals surface area (Å²) < 4.78 is 24.1. The van der Waals surface area contributed by atoms with Gasteiger partial charge in [-0.25, -0.2) is 8.42 Å². The smallest absolute Gasteiger partial charge is 0.283 e. The number of carbonyl (C=O) groups excluding carboxylic acids is 1. The van der Waals surface area contributed by atoms with Gasteiger partial charge in [-0.3, -0.25) is 14.9 Å². The van der Waals surface area contributed by atoms with Crippen LogP contribution in [0.25, 0.3) is 0 Å². The quantitative estimate of drug-likeness (QED) is 0.599. The molecule has 0 bridgehead atoms. The maximum Gasteiger partial charge on any atom is 0.283 e. The highest BCUT2D eigenvalue weighted by atomic mass is 35.5. The van der Waals surface area contributed by atoms with Crippen molar-refractivity contribution in [1.29, 1.82) is 0 Å². The summed E-state index contributed by atoms with van der Waals surface area (Å²) in [7, 11) is -3.30. The highest BCUT2D eigenvalue weighted by molar-refractivity contribution is 7.88. The van der Waals surface area contributed by atoms with Crippen LogP contribution in [0.4, 0.5) is 5.69 Å². The summed E-state index contributed by atoms with van der Waals surface area (Å²) in [5.41, 5.74) is -0.412. The number of carbonyl (C=O) groups is 1. The average Bonchev–Trinajstić information content (AvgIpc) is 2.45. The third kappa shape index (κ3) is 3.54. The number of benzene rings is 1. The molecule has 1 fully saturated rings. The predicted molar refractivity (Wildman–Crippen MR) is 80.4 cm³/mol. The summed E-state index contributed by atoms with van der Waals surface area (Å²) in [5, 5.41) is 11.2. The molecule has 1 aromatic carbocycles. The molecule has 22 heavy (non-hydrogen) atoms. The molecule has 10 heteroatoms. The van der Waals surface area contributed by atoms with Crippen molar-refractivity contribution < 1.29 is 18.1 Å². The van der Waals surface area contributed by atoms with Crippen molar-refractivity contribution in [2.75, 3.05) is 32.4 Å². The summed E-state index contributed by atoms with van der Waals surface area (Å²) in [6.45, 7) is 0.718. The van der Waals surface area contributed by atoms with Gasteiger partial charge in [0.2, 0.25) is 10.0 Å². The highest BCUT2D eigenvalue weighted by Crippen LogP contribution is 2.25. The van der Waals surface area contributed by atoms with Gasteiger partial charge in [0.1, 0.15) is 5.56 Å². The van der Waals surface area contributed by atoms with Crippen molar-refractivity contribution in [3.63, 3.8) is 0 Å². The molecule has 0 unspecified atom stereocenters. The Labute approximate surface area is 132 Å². The van der Waals surface area contributed by atoms with Crippen LogP contribution in [0.2, 0.25) is 5.02 Å². The topological polar surface area (TPSA) is 101 Å². The zero-order valence-electron chi connectivity index (χ0n) is 11.7. The molecule has 8 nitrogen and oxygen atoms in total. The van der Waals surface area contributed by atoms with Crippen molar-refractivity contribution in [2.24, 2.45) is 0 Å². The van der Waals surface area contributed by atoms with E-state index in [0.717, 1.165) is 12.3 Å². The number of sulfonamides is 1. The first kappa shape index (κ1) is 16.7. The molecule has 0 aliphatic carbocycles. The summed E-state index contributed by atoms with van der Waals surface area (Å²) >= 11 is 5.72. The van der Waals surface area contributed by atoms with E-state index in [0.29, 0.717) is 0 Å². The van der Waals surface area contributed by atoms with E-state index < -0.39 is 20.9 Å². The van der Waals surface area contributed by atoms with Gasteiger partial charge in [-0.05, 0) is 12.1 Å². The maximum absolute atomic E-state index is 12.4. The van der Waals surface area contributed by atoms with E-state index in [1.807, 2.05) is 0 Å². The molecule has 0 radical (unpaired) electrons. The minimum Gasteiger partial charge on any atom is -0.336 e. The molecular weight excluding hydrogens is 334 g/mol. The standard InChI is InChI=1S/C12H14ClN3O5S/c1-22(20,21)15-6-4-14(5-7-15)12(17)10-3-2-9(13)8-11(10)16(18)19/h2-3,8H,4-7H2,1H3. The molecule has 1 heterocycles. The molecule has 1 aliphatic heterocycles. The second kappa shape index (κ2) is 6.19. The Morgan fingerprint density at radius 2 is 1.86 bits per heavy atom. The lowest BCUT2D eigenvalue weighted by molar-refractivity contribution is -0.385. The highest BCUT2D eigenvalue weighted by Gasteiger charge is 2.30. The first-order valence-electron chi connectivity index (χ1n) is 6.38. The Bertz CT molecular complexity index is 713.